The summed E-state index contributed by atoms with van der Waals surface area (Å²) in [5, 5.41) is 9.04. The van der Waals surface area contributed by atoms with Crippen LogP contribution in [-0.4, -0.2) is 27.0 Å². The van der Waals surface area contributed by atoms with Gasteiger partial charge in [0, 0.05) is 12.6 Å². The van der Waals surface area contributed by atoms with Crippen LogP contribution in [0, 0.1) is 5.82 Å². The minimum atomic E-state index is -4.76. The zero-order valence-corrected chi connectivity index (χ0v) is 11.5. The van der Waals surface area contributed by atoms with Crippen molar-refractivity contribution < 1.29 is 27.2 Å². The van der Waals surface area contributed by atoms with Crippen molar-refractivity contribution in [2.45, 2.75) is 13.1 Å². The Kier molecular flexibility index (Phi) is 4.29. The summed E-state index contributed by atoms with van der Waals surface area (Å²) >= 11 is 0. The third kappa shape index (κ3) is 4.02. The standard InChI is InChI=1S/C12H9F4N5O2/c1-5(22)17-6-2-3-8(13)7(4-6)9(23)18-11-19-10(20-21-11)12(14,15)16/h2-4H,1H3,(H,17,22)(H2,18,19,20,21,23). The maximum atomic E-state index is 13.7. The Morgan fingerprint density at radius 1 is 1.22 bits per heavy atom. The number of hydrogen-bond acceptors (Lipinski definition) is 4. The maximum Gasteiger partial charge on any atom is 0.451 e. The first-order valence-electron chi connectivity index (χ1n) is 6.05. The van der Waals surface area contributed by atoms with E-state index in [4.69, 9.17) is 0 Å². The van der Waals surface area contributed by atoms with Crippen molar-refractivity contribution in [3.05, 3.63) is 35.4 Å². The number of halogens is 4. The number of rotatable bonds is 3. The van der Waals surface area contributed by atoms with E-state index in [1.807, 2.05) is 5.32 Å². The fourth-order valence-electron chi connectivity index (χ4n) is 1.59. The SMILES string of the molecule is CC(=O)Nc1ccc(F)c(C(=O)Nc2n[nH]c(C(F)(F)F)n2)c1. The third-order valence-electron chi connectivity index (χ3n) is 2.51. The van der Waals surface area contributed by atoms with Gasteiger partial charge in [0.2, 0.25) is 17.7 Å². The van der Waals surface area contributed by atoms with Crippen molar-refractivity contribution in [3.63, 3.8) is 0 Å². The molecule has 0 radical (unpaired) electrons. The first-order chi connectivity index (χ1) is 10.7. The number of hydrogen-bond donors (Lipinski definition) is 3. The van der Waals surface area contributed by atoms with Crippen LogP contribution in [0.15, 0.2) is 18.2 Å². The molecule has 0 saturated carbocycles. The second-order valence-corrected chi connectivity index (χ2v) is 4.34. The van der Waals surface area contributed by atoms with Crippen molar-refractivity contribution in [2.24, 2.45) is 0 Å². The lowest BCUT2D eigenvalue weighted by molar-refractivity contribution is -0.144. The molecule has 122 valence electrons. The molecule has 0 bridgehead atoms. The number of aromatic amines is 1. The number of nitrogens with zero attached hydrogens (tertiary/aromatic N) is 2. The smallest absolute Gasteiger partial charge is 0.326 e. The number of amides is 2. The van der Waals surface area contributed by atoms with Crippen molar-refractivity contribution >= 4 is 23.5 Å². The maximum absolute atomic E-state index is 13.7. The van der Waals surface area contributed by atoms with Gasteiger partial charge in [0.1, 0.15) is 5.82 Å². The molecule has 0 saturated heterocycles. The Morgan fingerprint density at radius 2 is 1.91 bits per heavy atom. The van der Waals surface area contributed by atoms with Crippen LogP contribution in [0.25, 0.3) is 0 Å². The van der Waals surface area contributed by atoms with Gasteiger partial charge in [-0.05, 0) is 18.2 Å². The zero-order valence-electron chi connectivity index (χ0n) is 11.5. The minimum Gasteiger partial charge on any atom is -0.326 e. The van der Waals surface area contributed by atoms with Crippen LogP contribution < -0.4 is 10.6 Å². The molecule has 0 spiro atoms. The van der Waals surface area contributed by atoms with Crippen molar-refractivity contribution in [1.82, 2.24) is 15.2 Å². The van der Waals surface area contributed by atoms with Gasteiger partial charge in [-0.2, -0.15) is 18.2 Å². The lowest BCUT2D eigenvalue weighted by atomic mass is 10.1. The zero-order chi connectivity index (χ0) is 17.2. The largest absolute Gasteiger partial charge is 0.451 e. The van der Waals surface area contributed by atoms with Crippen LogP contribution in [0.5, 0.6) is 0 Å². The van der Waals surface area contributed by atoms with Crippen LogP contribution in [0.3, 0.4) is 0 Å². The molecule has 1 heterocycles. The quantitative estimate of drug-likeness (QED) is 0.751. The van der Waals surface area contributed by atoms with E-state index in [1.165, 1.54) is 13.0 Å². The molecule has 0 aliphatic rings. The van der Waals surface area contributed by atoms with E-state index in [9.17, 15) is 27.2 Å². The Bertz CT molecular complexity index is 756. The van der Waals surface area contributed by atoms with E-state index in [1.54, 1.807) is 5.10 Å². The second-order valence-electron chi connectivity index (χ2n) is 4.34. The van der Waals surface area contributed by atoms with Crippen LogP contribution in [0.2, 0.25) is 0 Å². The average molecular weight is 331 g/mol. The fraction of sp³-hybridized carbons (Fsp3) is 0.167. The Morgan fingerprint density at radius 3 is 2.48 bits per heavy atom. The van der Waals surface area contributed by atoms with Gasteiger partial charge in [0.25, 0.3) is 5.91 Å². The number of anilines is 2. The van der Waals surface area contributed by atoms with Crippen LogP contribution in [-0.2, 0) is 11.0 Å². The molecule has 0 aliphatic carbocycles. The highest BCUT2D eigenvalue weighted by Gasteiger charge is 2.35. The van der Waals surface area contributed by atoms with Crippen LogP contribution in [0.1, 0.15) is 23.1 Å². The molecule has 2 amide bonds. The summed E-state index contributed by atoms with van der Waals surface area (Å²) in [5.74, 6) is -4.50. The van der Waals surface area contributed by atoms with E-state index in [0.29, 0.717) is 0 Å². The lowest BCUT2D eigenvalue weighted by Gasteiger charge is -2.06. The summed E-state index contributed by atoms with van der Waals surface area (Å²) < 4.78 is 50.7. The molecule has 0 unspecified atom stereocenters. The summed E-state index contributed by atoms with van der Waals surface area (Å²) in [6, 6.07) is 3.19. The second kappa shape index (κ2) is 6.02. The van der Waals surface area contributed by atoms with Gasteiger partial charge in [-0.3, -0.25) is 20.0 Å². The topological polar surface area (TPSA) is 99.8 Å². The number of carbonyl (C=O) groups excluding carboxylic acids is 2. The predicted octanol–water partition coefficient (Wildman–Crippen LogP) is 2.17. The van der Waals surface area contributed by atoms with Gasteiger partial charge >= 0.3 is 6.18 Å². The molecule has 0 aliphatic heterocycles. The summed E-state index contributed by atoms with van der Waals surface area (Å²) in [7, 11) is 0. The molecule has 0 fully saturated rings. The predicted molar refractivity (Wildman–Crippen MR) is 70.0 cm³/mol. The molecule has 0 atom stereocenters. The Labute approximate surface area is 126 Å². The molecule has 7 nitrogen and oxygen atoms in total. The van der Waals surface area contributed by atoms with Gasteiger partial charge in [-0.15, -0.1) is 5.10 Å². The molecular formula is C12H9F4N5O2. The number of alkyl halides is 3. The van der Waals surface area contributed by atoms with Gasteiger partial charge in [0.15, 0.2) is 0 Å². The van der Waals surface area contributed by atoms with E-state index in [2.05, 4.69) is 15.4 Å². The van der Waals surface area contributed by atoms with Crippen molar-refractivity contribution in [3.8, 4) is 0 Å². The molecule has 11 heteroatoms. The normalized spacial score (nSPS) is 11.2. The molecule has 3 N–H and O–H groups in total. The summed E-state index contributed by atoms with van der Waals surface area (Å²) in [4.78, 5) is 25.9. The number of aromatic nitrogens is 3. The highest BCUT2D eigenvalue weighted by molar-refractivity contribution is 6.04. The molecular weight excluding hydrogens is 322 g/mol. The first-order valence-corrected chi connectivity index (χ1v) is 6.05. The molecule has 1 aromatic heterocycles. The highest BCUT2D eigenvalue weighted by Crippen LogP contribution is 2.26. The number of nitrogens with one attached hydrogen (secondary N) is 3. The first kappa shape index (κ1) is 16.4. The van der Waals surface area contributed by atoms with Crippen LogP contribution >= 0.6 is 0 Å². The summed E-state index contributed by atoms with van der Waals surface area (Å²) in [6.45, 7) is 1.22. The van der Waals surface area contributed by atoms with E-state index >= 15 is 0 Å². The van der Waals surface area contributed by atoms with E-state index in [0.717, 1.165) is 12.1 Å². The average Bonchev–Trinajstić information content (AvgIpc) is 2.88. The van der Waals surface area contributed by atoms with Crippen LogP contribution in [0.4, 0.5) is 29.2 Å². The van der Waals surface area contributed by atoms with Gasteiger partial charge in [-0.1, -0.05) is 0 Å². The Hall–Kier alpha value is -2.98. The minimum absolute atomic E-state index is 0.148. The van der Waals surface area contributed by atoms with Crippen molar-refractivity contribution in [2.75, 3.05) is 10.6 Å². The molecule has 1 aromatic carbocycles. The van der Waals surface area contributed by atoms with Gasteiger partial charge < -0.3 is 5.32 Å². The third-order valence-corrected chi connectivity index (χ3v) is 2.51. The summed E-state index contributed by atoms with van der Waals surface area (Å²) in [5.41, 5.74) is -0.343. The molecule has 2 rings (SSSR count). The van der Waals surface area contributed by atoms with Gasteiger partial charge in [0.05, 0.1) is 5.56 Å². The monoisotopic (exact) mass is 331 g/mol. The van der Waals surface area contributed by atoms with E-state index in [-0.39, 0.29) is 5.69 Å². The van der Waals surface area contributed by atoms with Gasteiger partial charge in [-0.25, -0.2) is 4.39 Å². The number of H-pyrrole nitrogens is 1. The van der Waals surface area contributed by atoms with E-state index < -0.39 is 41.1 Å². The van der Waals surface area contributed by atoms with Crippen molar-refractivity contribution in [1.29, 1.82) is 0 Å². The number of benzene rings is 1. The highest BCUT2D eigenvalue weighted by atomic mass is 19.4. The Balaban J connectivity index is 2.20. The number of carbonyl (C=O) groups is 2. The molecule has 23 heavy (non-hydrogen) atoms. The fourth-order valence-corrected chi connectivity index (χ4v) is 1.59. The lowest BCUT2D eigenvalue weighted by Crippen LogP contribution is -2.16. The summed E-state index contributed by atoms with van der Waals surface area (Å²) in [6.07, 6.45) is -4.76. The molecule has 2 aromatic rings.